The van der Waals surface area contributed by atoms with Gasteiger partial charge < -0.3 is 42.4 Å². The molecule has 18 nitrogen and oxygen atoms in total. The number of unbranched alkanes of at least 4 members (excludes halogenated alkanes) is 5. The number of ether oxygens (including phenoxy) is 4. The largest absolute Gasteiger partial charge is 1.00 e. The van der Waals surface area contributed by atoms with Crippen LogP contribution in [0, 0.1) is 13.8 Å². The molecule has 0 spiro atoms. The summed E-state index contributed by atoms with van der Waals surface area (Å²) < 4.78 is 74.8. The molecule has 0 saturated carbocycles. The first kappa shape index (κ1) is 77.0. The molecule has 2 heterocycles. The molecule has 22 heteroatoms. The Labute approximate surface area is 635 Å². The van der Waals surface area contributed by atoms with E-state index in [0.717, 1.165) is 160 Å². The first-order chi connectivity index (χ1) is 48.0. The van der Waals surface area contributed by atoms with Crippen LogP contribution >= 0.6 is 0 Å². The van der Waals surface area contributed by atoms with Crippen molar-refractivity contribution in [2.75, 3.05) is 36.2 Å². The Balaban J connectivity index is 0.000000209. The second-order valence-electron chi connectivity index (χ2n) is 24.8. The van der Waals surface area contributed by atoms with Crippen LogP contribution in [0.25, 0.3) is 44.5 Å². The van der Waals surface area contributed by atoms with Crippen LogP contribution in [0.15, 0.2) is 133 Å². The van der Waals surface area contributed by atoms with Crippen molar-refractivity contribution in [3.63, 3.8) is 0 Å². The number of carbonyl (C=O) groups is 6. The summed E-state index contributed by atoms with van der Waals surface area (Å²) in [5, 5.41) is 0. The Kier molecular flexibility index (Phi) is 27.1. The van der Waals surface area contributed by atoms with Gasteiger partial charge in [0.15, 0.2) is 0 Å². The molecule has 101 heavy (non-hydrogen) atoms. The Morgan fingerprint density at radius 3 is 0.960 bits per heavy atom. The van der Waals surface area contributed by atoms with Gasteiger partial charge in [-0.3, -0.25) is 19.2 Å². The molecule has 4 aliphatic carbocycles. The number of anilines is 2. The van der Waals surface area contributed by atoms with E-state index < -0.39 is 21.2 Å². The molecular weight excluding hydrogens is 1340 g/mol. The molecule has 0 atom stereocenters. The van der Waals surface area contributed by atoms with Crippen LogP contribution in [0.1, 0.15) is 157 Å². The fourth-order valence-corrected chi connectivity index (χ4v) is 14.5. The summed E-state index contributed by atoms with van der Waals surface area (Å²) in [6.07, 6.45) is 14.7. The standard InChI is InChI=1S/C40H38NO5.C39H36NO5.2Na.2O3S/c1-3-21-45-29-15-19-31-26(23-29)13-17-33-35(31)36-32-20-16-30(46-22-9-5-6-10-25(2)42)24-27(32)14-18-34(36)38-37(33)39(43)41(40(38)44)28-11-7-4-8-12-28;1-2-21-44-28-14-18-30-25(23-28)12-16-32-34(30)35-31-19-15-29(45-22-9-4-3-8-20-41)24-26(31)13-17-33(35)37-36(32)38(42)40(39(37)43)27-10-6-5-7-11-27;;;2*1-4(2)3/h4,7-8,11-12,15-16,19-20,23-24H,1,3,5-6,9-10,13-14,17-18,21-22H2,2H3;5-7,10-11,14-15,18-20,23-24H,1-4,8-9,12-13,16-17,21-22H2;;;;/q2*-1;2*+1;;. The van der Waals surface area contributed by atoms with Crippen LogP contribution in [-0.2, 0) is 82.2 Å². The molecule has 4 amide bonds. The number of para-hydroxylation sites is 2. The quantitative estimate of drug-likeness (QED) is 0.0206. The second-order valence-corrected chi connectivity index (χ2v) is 25.6. The smallest absolute Gasteiger partial charge is 0.496 e. The maximum Gasteiger partial charge on any atom is 1.00 e. The number of hydrogen-bond acceptors (Lipinski definition) is 16. The average molecular weight is 1420 g/mol. The number of aryl methyl sites for hydroxylation is 4. The predicted molar refractivity (Wildman–Crippen MR) is 374 cm³/mol. The zero-order valence-electron chi connectivity index (χ0n) is 57.0. The van der Waals surface area contributed by atoms with Crippen molar-refractivity contribution in [1.82, 2.24) is 0 Å². The number of amides is 4. The number of benzene rings is 8. The number of fused-ring (bicyclic) bond motifs is 20. The van der Waals surface area contributed by atoms with Gasteiger partial charge in [0.25, 0.3) is 23.6 Å². The fraction of sp³-hybridized carbons (Fsp3) is 0.291. The molecule has 0 bridgehead atoms. The van der Waals surface area contributed by atoms with E-state index in [9.17, 15) is 28.8 Å². The van der Waals surface area contributed by atoms with Gasteiger partial charge in [0.2, 0.25) is 0 Å². The van der Waals surface area contributed by atoms with Crippen molar-refractivity contribution in [2.45, 2.75) is 122 Å². The van der Waals surface area contributed by atoms with E-state index in [1.165, 1.54) is 32.1 Å². The molecule has 8 aromatic rings. The summed E-state index contributed by atoms with van der Waals surface area (Å²) in [6.45, 7) is 11.7. The van der Waals surface area contributed by atoms with Crippen molar-refractivity contribution in [1.29, 1.82) is 0 Å². The van der Waals surface area contributed by atoms with Gasteiger partial charge in [-0.15, -0.1) is 38.1 Å². The van der Waals surface area contributed by atoms with E-state index >= 15 is 0 Å². The molecule has 0 aromatic heterocycles. The first-order valence-electron chi connectivity index (χ1n) is 33.4. The number of aldehydes is 1. The SMILES string of the molecule is O=S(=O)=O.O=S(=O)=O.[CH2-]CCOc1ccc2c(c1)CCc1c3c(c4c(c1-2)-c1ccc(OCCCCCC(C)=O)cc1CC4)C(=O)N(c1ccccc1)C3=O.[CH2-]CCOc1ccc2c(c1)CCc1c3c(c4c(c1-2)-c1ccc(OCCCCCC=O)cc1CC4)C(=O)N(c1ccccc1)C3=O.[Na+].[Na+]. The van der Waals surface area contributed by atoms with Crippen molar-refractivity contribution >= 4 is 68.3 Å². The summed E-state index contributed by atoms with van der Waals surface area (Å²) >= 11 is 0. The van der Waals surface area contributed by atoms with Gasteiger partial charge in [-0.25, -0.2) is 9.80 Å². The number of Topliss-reactive ketones (excluding diaryl/α,β-unsaturated/α-hetero) is 1. The first-order valence-corrected chi connectivity index (χ1v) is 35.4. The Morgan fingerprint density at radius 1 is 0.396 bits per heavy atom. The minimum absolute atomic E-state index is 0. The zero-order valence-corrected chi connectivity index (χ0v) is 62.6. The molecule has 8 aromatic carbocycles. The topological polar surface area (TPSA) is 248 Å². The van der Waals surface area contributed by atoms with Crippen LogP contribution in [0.3, 0.4) is 0 Å². The van der Waals surface area contributed by atoms with Gasteiger partial charge in [-0.1, -0.05) is 60.7 Å². The van der Waals surface area contributed by atoms with Crippen LogP contribution in [-0.4, -0.2) is 87.4 Å². The van der Waals surface area contributed by atoms with Gasteiger partial charge in [-0.2, -0.15) is 0 Å². The average Bonchev–Trinajstić information content (AvgIpc) is 1.64. The molecule has 0 radical (unpaired) electrons. The summed E-state index contributed by atoms with van der Waals surface area (Å²) in [5.41, 5.74) is 20.7. The Hall–Kier alpha value is -8.18. The zero-order chi connectivity index (χ0) is 69.9. The van der Waals surface area contributed by atoms with Crippen molar-refractivity contribution < 1.29 is 132 Å². The maximum absolute atomic E-state index is 14.2. The third-order valence-corrected chi connectivity index (χ3v) is 18.6. The number of hydrogen-bond donors (Lipinski definition) is 0. The van der Waals surface area contributed by atoms with E-state index in [0.29, 0.717) is 111 Å². The third-order valence-electron chi connectivity index (χ3n) is 18.6. The fourth-order valence-electron chi connectivity index (χ4n) is 14.5. The molecular formula is C79H74N2Na2O16S2. The molecule has 0 N–H and O–H groups in total. The molecule has 0 saturated heterocycles. The van der Waals surface area contributed by atoms with E-state index in [-0.39, 0.29) is 88.5 Å². The third kappa shape index (κ3) is 17.0. The number of rotatable bonds is 22. The molecule has 6 aliphatic rings. The number of ketones is 1. The van der Waals surface area contributed by atoms with Crippen LogP contribution < -0.4 is 87.9 Å². The minimum Gasteiger partial charge on any atom is -0.496 e. The van der Waals surface area contributed by atoms with Gasteiger partial charge in [0.05, 0.1) is 60.1 Å². The molecule has 14 rings (SSSR count). The second kappa shape index (κ2) is 35.6. The Morgan fingerprint density at radius 2 is 0.683 bits per heavy atom. The molecule has 0 fully saturated rings. The van der Waals surface area contributed by atoms with Crippen LogP contribution in [0.2, 0.25) is 0 Å². The predicted octanol–water partition coefficient (Wildman–Crippen LogP) is 7.91. The normalized spacial score (nSPS) is 13.3. The van der Waals surface area contributed by atoms with Gasteiger partial charge in [0, 0.05) is 12.8 Å². The van der Waals surface area contributed by atoms with Crippen molar-refractivity contribution in [2.24, 2.45) is 0 Å². The summed E-state index contributed by atoms with van der Waals surface area (Å²) in [7, 11) is -6.22. The van der Waals surface area contributed by atoms with Gasteiger partial charge in [0.1, 0.15) is 35.1 Å². The maximum atomic E-state index is 14.2. The number of nitrogens with zero attached hydrogens (tertiary/aromatic N) is 2. The van der Waals surface area contributed by atoms with Crippen molar-refractivity contribution in [3.8, 4) is 67.5 Å². The van der Waals surface area contributed by atoms with E-state index in [1.54, 1.807) is 6.92 Å². The number of carbonyl (C=O) groups excluding carboxylic acids is 6. The summed E-state index contributed by atoms with van der Waals surface area (Å²) in [6, 6.07) is 43.5. The molecule has 2 aliphatic heterocycles. The summed E-state index contributed by atoms with van der Waals surface area (Å²) in [5.74, 6) is 2.60. The summed E-state index contributed by atoms with van der Waals surface area (Å²) in [4.78, 5) is 81.3. The van der Waals surface area contributed by atoms with E-state index in [4.69, 9.17) is 44.2 Å². The van der Waals surface area contributed by atoms with E-state index in [1.807, 2.05) is 84.9 Å². The number of imide groups is 2. The van der Waals surface area contributed by atoms with Gasteiger partial charge in [-0.05, 0) is 259 Å². The minimum atomic E-state index is -3.11. The Bertz CT molecular complexity index is 4700. The molecule has 510 valence electrons. The monoisotopic (exact) mass is 1420 g/mol. The van der Waals surface area contributed by atoms with Crippen LogP contribution in [0.4, 0.5) is 11.4 Å². The van der Waals surface area contributed by atoms with Crippen molar-refractivity contribution in [3.05, 3.63) is 214 Å². The van der Waals surface area contributed by atoms with Gasteiger partial charge >= 0.3 is 80.3 Å². The van der Waals surface area contributed by atoms with Crippen LogP contribution in [0.5, 0.6) is 23.0 Å². The van der Waals surface area contributed by atoms with E-state index in [2.05, 4.69) is 62.4 Å². The molecule has 0 unspecified atom stereocenters.